The topological polar surface area (TPSA) is 38.8 Å². The predicted octanol–water partition coefficient (Wildman–Crippen LogP) is 2.55. The van der Waals surface area contributed by atoms with Crippen LogP contribution in [0.5, 0.6) is 5.75 Å². The zero-order valence-electron chi connectivity index (χ0n) is 9.60. The highest BCUT2D eigenvalue weighted by Gasteiger charge is 2.59. The first-order valence-electron chi connectivity index (χ1n) is 5.66. The average molecular weight is 220 g/mol. The Morgan fingerprint density at radius 2 is 1.94 bits per heavy atom. The van der Waals surface area contributed by atoms with E-state index in [2.05, 4.69) is 0 Å². The fourth-order valence-corrected chi connectivity index (χ4v) is 1.91. The van der Waals surface area contributed by atoms with Crippen molar-refractivity contribution in [2.24, 2.45) is 0 Å². The zero-order valence-corrected chi connectivity index (χ0v) is 9.60. The molecule has 1 unspecified atom stereocenters. The van der Waals surface area contributed by atoms with E-state index in [0.717, 1.165) is 12.8 Å². The molecule has 3 nitrogen and oxygen atoms in total. The highest BCUT2D eigenvalue weighted by atomic mass is 16.7. The Bertz CT molecular complexity index is 368. The average Bonchev–Trinajstić information content (AvgIpc) is 3.06. The van der Waals surface area contributed by atoms with Crippen LogP contribution in [-0.4, -0.2) is 17.7 Å². The van der Waals surface area contributed by atoms with Gasteiger partial charge in [0.1, 0.15) is 11.4 Å². The van der Waals surface area contributed by atoms with Gasteiger partial charge in [-0.25, -0.2) is 4.79 Å². The highest BCUT2D eigenvalue weighted by molar-refractivity contribution is 5.81. The van der Waals surface area contributed by atoms with Crippen molar-refractivity contribution in [1.82, 2.24) is 0 Å². The number of rotatable bonds is 4. The van der Waals surface area contributed by atoms with Gasteiger partial charge in [0.25, 0.3) is 0 Å². The third-order valence-electron chi connectivity index (χ3n) is 3.15. The first kappa shape index (κ1) is 11.1. The lowest BCUT2D eigenvalue weighted by Gasteiger charge is -2.06. The number of hydrogen-bond acceptors (Lipinski definition) is 3. The van der Waals surface area contributed by atoms with Crippen LogP contribution in [0.3, 0.4) is 0 Å². The molecule has 1 aliphatic heterocycles. The largest absolute Gasteiger partial charge is 0.425 e. The molecule has 2 rings (SSSR count). The van der Waals surface area contributed by atoms with Crippen LogP contribution in [0.25, 0.3) is 0 Å². The summed E-state index contributed by atoms with van der Waals surface area (Å²) in [6, 6.07) is 9.08. The second-order valence-corrected chi connectivity index (χ2v) is 4.00. The second-order valence-electron chi connectivity index (χ2n) is 4.00. The first-order chi connectivity index (χ1) is 7.72. The van der Waals surface area contributed by atoms with Crippen molar-refractivity contribution in [2.45, 2.75) is 38.4 Å². The summed E-state index contributed by atoms with van der Waals surface area (Å²) >= 11 is 0. The number of para-hydroxylation sites is 1. The highest BCUT2D eigenvalue weighted by Crippen LogP contribution is 2.43. The monoisotopic (exact) mass is 220 g/mol. The lowest BCUT2D eigenvalue weighted by atomic mass is 9.99. The number of carbonyl (C=O) groups excluding carboxylic acids is 1. The fourth-order valence-electron chi connectivity index (χ4n) is 1.91. The lowest BCUT2D eigenvalue weighted by molar-refractivity contribution is -0.135. The summed E-state index contributed by atoms with van der Waals surface area (Å²) in [6.07, 6.45) is 1.30. The van der Waals surface area contributed by atoms with Gasteiger partial charge >= 0.3 is 5.97 Å². The quantitative estimate of drug-likeness (QED) is 0.444. The van der Waals surface area contributed by atoms with Crippen molar-refractivity contribution >= 4 is 5.97 Å². The van der Waals surface area contributed by atoms with E-state index < -0.39 is 0 Å². The summed E-state index contributed by atoms with van der Waals surface area (Å²) in [5.74, 6) is 0.291. The Morgan fingerprint density at radius 3 is 2.44 bits per heavy atom. The van der Waals surface area contributed by atoms with Crippen LogP contribution in [0, 0.1) is 0 Å². The van der Waals surface area contributed by atoms with Gasteiger partial charge in [0.15, 0.2) is 6.10 Å². The molecule has 1 fully saturated rings. The van der Waals surface area contributed by atoms with Crippen LogP contribution in [-0.2, 0) is 9.53 Å². The predicted molar refractivity (Wildman–Crippen MR) is 60.3 cm³/mol. The summed E-state index contributed by atoms with van der Waals surface area (Å²) in [7, 11) is 0. The maximum atomic E-state index is 11.8. The number of ether oxygens (including phenoxy) is 2. The van der Waals surface area contributed by atoms with Crippen molar-refractivity contribution < 1.29 is 14.3 Å². The third kappa shape index (κ3) is 1.95. The zero-order chi connectivity index (χ0) is 11.6. The number of esters is 1. The SMILES string of the molecule is CCC1(CC)OC1C(=O)Oc1ccccc1. The molecular weight excluding hydrogens is 204 g/mol. The molecule has 3 heteroatoms. The lowest BCUT2D eigenvalue weighted by Crippen LogP contribution is -2.23. The Balaban J connectivity index is 1.96. The van der Waals surface area contributed by atoms with Crippen LogP contribution in [0.15, 0.2) is 30.3 Å². The number of carbonyl (C=O) groups is 1. The van der Waals surface area contributed by atoms with E-state index in [-0.39, 0.29) is 17.7 Å². The van der Waals surface area contributed by atoms with Crippen LogP contribution in [0.2, 0.25) is 0 Å². The molecule has 0 N–H and O–H groups in total. The van der Waals surface area contributed by atoms with Gasteiger partial charge in [0, 0.05) is 0 Å². The molecule has 1 aromatic rings. The Morgan fingerprint density at radius 1 is 1.31 bits per heavy atom. The van der Waals surface area contributed by atoms with E-state index >= 15 is 0 Å². The third-order valence-corrected chi connectivity index (χ3v) is 3.15. The molecule has 0 radical (unpaired) electrons. The molecule has 86 valence electrons. The molecule has 1 saturated heterocycles. The van der Waals surface area contributed by atoms with Crippen molar-refractivity contribution in [3.05, 3.63) is 30.3 Å². The van der Waals surface area contributed by atoms with Crippen LogP contribution in [0.1, 0.15) is 26.7 Å². The van der Waals surface area contributed by atoms with E-state index in [1.54, 1.807) is 12.1 Å². The Hall–Kier alpha value is -1.35. The number of hydrogen-bond donors (Lipinski definition) is 0. The summed E-state index contributed by atoms with van der Waals surface area (Å²) in [6.45, 7) is 4.05. The normalized spacial score (nSPS) is 21.5. The summed E-state index contributed by atoms with van der Waals surface area (Å²) in [5, 5.41) is 0. The molecule has 1 aromatic carbocycles. The molecule has 0 amide bonds. The summed E-state index contributed by atoms with van der Waals surface area (Å²) in [4.78, 5) is 11.8. The number of epoxide rings is 1. The van der Waals surface area contributed by atoms with Gasteiger partial charge in [-0.3, -0.25) is 0 Å². The first-order valence-corrected chi connectivity index (χ1v) is 5.66. The van der Waals surface area contributed by atoms with Crippen molar-refractivity contribution in [2.75, 3.05) is 0 Å². The molecule has 0 saturated carbocycles. The summed E-state index contributed by atoms with van der Waals surface area (Å²) < 4.78 is 10.7. The summed E-state index contributed by atoms with van der Waals surface area (Å²) in [5.41, 5.74) is -0.272. The van der Waals surface area contributed by atoms with E-state index in [9.17, 15) is 4.79 Å². The van der Waals surface area contributed by atoms with Crippen molar-refractivity contribution in [1.29, 1.82) is 0 Å². The Kier molecular flexibility index (Phi) is 2.97. The van der Waals surface area contributed by atoms with Crippen LogP contribution >= 0.6 is 0 Å². The van der Waals surface area contributed by atoms with Gasteiger partial charge in [-0.05, 0) is 25.0 Å². The molecule has 1 heterocycles. The minimum Gasteiger partial charge on any atom is -0.425 e. The van der Waals surface area contributed by atoms with Gasteiger partial charge in [-0.2, -0.15) is 0 Å². The molecule has 0 aromatic heterocycles. The van der Waals surface area contributed by atoms with Gasteiger partial charge in [0.05, 0.1) is 0 Å². The fraction of sp³-hybridized carbons (Fsp3) is 0.462. The van der Waals surface area contributed by atoms with E-state index in [4.69, 9.17) is 9.47 Å². The molecule has 0 spiro atoms. The van der Waals surface area contributed by atoms with Gasteiger partial charge in [0.2, 0.25) is 0 Å². The minimum absolute atomic E-state index is 0.272. The van der Waals surface area contributed by atoms with Crippen LogP contribution in [0.4, 0.5) is 0 Å². The number of benzene rings is 1. The van der Waals surface area contributed by atoms with E-state index in [1.165, 1.54) is 0 Å². The van der Waals surface area contributed by atoms with Gasteiger partial charge in [-0.1, -0.05) is 32.0 Å². The smallest absolute Gasteiger partial charge is 0.343 e. The molecule has 16 heavy (non-hydrogen) atoms. The Labute approximate surface area is 95.4 Å². The van der Waals surface area contributed by atoms with Gasteiger partial charge in [-0.15, -0.1) is 0 Å². The van der Waals surface area contributed by atoms with Crippen molar-refractivity contribution in [3.63, 3.8) is 0 Å². The van der Waals surface area contributed by atoms with Crippen molar-refractivity contribution in [3.8, 4) is 5.75 Å². The second kappa shape index (κ2) is 4.26. The molecular formula is C13H16O3. The van der Waals surface area contributed by atoms with E-state index in [1.807, 2.05) is 32.0 Å². The van der Waals surface area contributed by atoms with E-state index in [0.29, 0.717) is 5.75 Å². The molecule has 1 atom stereocenters. The minimum atomic E-state index is -0.386. The maximum Gasteiger partial charge on any atom is 0.343 e. The standard InChI is InChI=1S/C13H16O3/c1-3-13(4-2)11(16-13)12(14)15-10-8-6-5-7-9-10/h5-9,11H,3-4H2,1-2H3. The molecule has 0 aliphatic carbocycles. The van der Waals surface area contributed by atoms with Crippen LogP contribution < -0.4 is 4.74 Å². The van der Waals surface area contributed by atoms with Gasteiger partial charge < -0.3 is 9.47 Å². The molecule has 0 bridgehead atoms. The molecule has 1 aliphatic rings. The maximum absolute atomic E-state index is 11.8.